The van der Waals surface area contributed by atoms with E-state index in [1.807, 2.05) is 37.4 Å². The van der Waals surface area contributed by atoms with E-state index in [4.69, 9.17) is 4.42 Å². The zero-order valence-electron chi connectivity index (χ0n) is 11.6. The van der Waals surface area contributed by atoms with Crippen molar-refractivity contribution in [2.75, 3.05) is 20.1 Å². The Morgan fingerprint density at radius 2 is 1.70 bits per heavy atom. The normalized spacial score (nSPS) is 9.65. The smallest absolute Gasteiger partial charge is 0.134 e. The summed E-state index contributed by atoms with van der Waals surface area (Å²) in [5, 5.41) is 6.50. The first-order valence-corrected chi connectivity index (χ1v) is 6.39. The standard InChI is InChI=1S/C15H20N2O.2ClH/c1-16-10-5-11-17-12-14-8-9-15(18-14)13-6-3-2-4-7-13;;/h2-4,6-9,16-17H,5,10-12H2,1H3;2*1H. The first-order chi connectivity index (χ1) is 8.90. The molecule has 0 unspecified atom stereocenters. The highest BCUT2D eigenvalue weighted by atomic mass is 35.5. The van der Waals surface area contributed by atoms with Gasteiger partial charge in [0.15, 0.2) is 0 Å². The van der Waals surface area contributed by atoms with Gasteiger partial charge >= 0.3 is 0 Å². The number of nitrogens with one attached hydrogen (secondary N) is 2. The van der Waals surface area contributed by atoms with Crippen molar-refractivity contribution in [2.24, 2.45) is 0 Å². The van der Waals surface area contributed by atoms with Gasteiger partial charge in [-0.15, -0.1) is 24.8 Å². The fourth-order valence-corrected chi connectivity index (χ4v) is 1.83. The average Bonchev–Trinajstić information content (AvgIpc) is 2.88. The summed E-state index contributed by atoms with van der Waals surface area (Å²) < 4.78 is 5.80. The fraction of sp³-hybridized carbons (Fsp3) is 0.333. The van der Waals surface area contributed by atoms with Crippen molar-refractivity contribution in [1.29, 1.82) is 0 Å². The monoisotopic (exact) mass is 316 g/mol. The Morgan fingerprint density at radius 1 is 0.950 bits per heavy atom. The van der Waals surface area contributed by atoms with Crippen LogP contribution in [0.5, 0.6) is 0 Å². The van der Waals surface area contributed by atoms with Crippen LogP contribution in [0.4, 0.5) is 0 Å². The summed E-state index contributed by atoms with van der Waals surface area (Å²) in [7, 11) is 1.97. The number of halogens is 2. The highest BCUT2D eigenvalue weighted by molar-refractivity contribution is 5.85. The second-order valence-corrected chi connectivity index (χ2v) is 4.27. The van der Waals surface area contributed by atoms with Crippen molar-refractivity contribution < 1.29 is 4.42 Å². The maximum Gasteiger partial charge on any atom is 0.134 e. The molecule has 5 heteroatoms. The molecule has 0 amide bonds. The summed E-state index contributed by atoms with van der Waals surface area (Å²) in [6.07, 6.45) is 1.13. The molecule has 112 valence electrons. The number of hydrogen-bond acceptors (Lipinski definition) is 3. The lowest BCUT2D eigenvalue weighted by atomic mass is 10.2. The van der Waals surface area contributed by atoms with Gasteiger partial charge in [0, 0.05) is 5.56 Å². The Hall–Kier alpha value is -1.000. The first-order valence-electron chi connectivity index (χ1n) is 6.39. The molecule has 0 bridgehead atoms. The molecule has 3 nitrogen and oxygen atoms in total. The molecule has 2 aromatic rings. The minimum atomic E-state index is 0. The van der Waals surface area contributed by atoms with Gasteiger partial charge in [-0.05, 0) is 38.7 Å². The summed E-state index contributed by atoms with van der Waals surface area (Å²) in [5.41, 5.74) is 1.12. The molecule has 0 saturated carbocycles. The molecule has 0 radical (unpaired) electrons. The fourth-order valence-electron chi connectivity index (χ4n) is 1.83. The quantitative estimate of drug-likeness (QED) is 0.768. The van der Waals surface area contributed by atoms with E-state index in [0.29, 0.717) is 0 Å². The second kappa shape index (κ2) is 10.7. The van der Waals surface area contributed by atoms with E-state index in [0.717, 1.165) is 43.1 Å². The Labute approximate surface area is 133 Å². The molecule has 20 heavy (non-hydrogen) atoms. The zero-order valence-corrected chi connectivity index (χ0v) is 13.2. The van der Waals surface area contributed by atoms with Gasteiger partial charge in [-0.25, -0.2) is 0 Å². The van der Waals surface area contributed by atoms with Crippen LogP contribution in [0.2, 0.25) is 0 Å². The molecule has 0 aliphatic carbocycles. The lowest BCUT2D eigenvalue weighted by Gasteiger charge is -2.02. The van der Waals surface area contributed by atoms with Crippen LogP contribution in [0.15, 0.2) is 46.9 Å². The van der Waals surface area contributed by atoms with Crippen molar-refractivity contribution in [2.45, 2.75) is 13.0 Å². The zero-order chi connectivity index (χ0) is 12.6. The third-order valence-electron chi connectivity index (χ3n) is 2.80. The van der Waals surface area contributed by atoms with Gasteiger partial charge in [-0.2, -0.15) is 0 Å². The summed E-state index contributed by atoms with van der Waals surface area (Å²) >= 11 is 0. The summed E-state index contributed by atoms with van der Waals surface area (Å²) in [6, 6.07) is 14.2. The number of benzene rings is 1. The maximum atomic E-state index is 5.80. The first kappa shape index (κ1) is 19.0. The van der Waals surface area contributed by atoms with Crippen molar-refractivity contribution >= 4 is 24.8 Å². The number of furan rings is 1. The molecule has 1 heterocycles. The molecule has 1 aromatic carbocycles. The van der Waals surface area contributed by atoms with Gasteiger partial charge < -0.3 is 15.1 Å². The summed E-state index contributed by atoms with van der Waals surface area (Å²) in [5.74, 6) is 1.92. The molecule has 0 aliphatic rings. The number of rotatable bonds is 7. The molecule has 0 saturated heterocycles. The molecule has 0 atom stereocenters. The van der Waals surface area contributed by atoms with Crippen LogP contribution >= 0.6 is 24.8 Å². The SMILES string of the molecule is CNCCCNCc1ccc(-c2ccccc2)o1.Cl.Cl. The van der Waals surface area contributed by atoms with Gasteiger partial charge in [0.05, 0.1) is 6.54 Å². The minimum absolute atomic E-state index is 0. The van der Waals surface area contributed by atoms with E-state index in [1.165, 1.54) is 0 Å². The third-order valence-corrected chi connectivity index (χ3v) is 2.80. The van der Waals surface area contributed by atoms with Crippen molar-refractivity contribution in [1.82, 2.24) is 10.6 Å². The molecule has 0 spiro atoms. The lowest BCUT2D eigenvalue weighted by Crippen LogP contribution is -2.19. The van der Waals surface area contributed by atoms with E-state index >= 15 is 0 Å². The van der Waals surface area contributed by atoms with Crippen molar-refractivity contribution in [3.63, 3.8) is 0 Å². The Bertz CT molecular complexity index is 460. The minimum Gasteiger partial charge on any atom is -0.460 e. The topological polar surface area (TPSA) is 37.2 Å². The second-order valence-electron chi connectivity index (χ2n) is 4.27. The predicted molar refractivity (Wildman–Crippen MR) is 88.9 cm³/mol. The molecule has 2 N–H and O–H groups in total. The van der Waals surface area contributed by atoms with Crippen molar-refractivity contribution in [3.05, 3.63) is 48.2 Å². The van der Waals surface area contributed by atoms with Crippen LogP contribution in [0.3, 0.4) is 0 Å². The van der Waals surface area contributed by atoms with Crippen molar-refractivity contribution in [3.8, 4) is 11.3 Å². The van der Waals surface area contributed by atoms with Gasteiger partial charge in [0.2, 0.25) is 0 Å². The van der Waals surface area contributed by atoms with Crippen LogP contribution in [0.1, 0.15) is 12.2 Å². The molecule has 2 rings (SSSR count). The Balaban J connectivity index is 0.00000180. The summed E-state index contributed by atoms with van der Waals surface area (Å²) in [6.45, 7) is 2.83. The number of hydrogen-bond donors (Lipinski definition) is 2. The van der Waals surface area contributed by atoms with Crippen LogP contribution < -0.4 is 10.6 Å². The van der Waals surface area contributed by atoms with E-state index in [1.54, 1.807) is 0 Å². The molecular formula is C15H22Cl2N2O. The average molecular weight is 317 g/mol. The Morgan fingerprint density at radius 3 is 2.40 bits per heavy atom. The largest absolute Gasteiger partial charge is 0.460 e. The van der Waals surface area contributed by atoms with Crippen LogP contribution in [-0.2, 0) is 6.54 Å². The van der Waals surface area contributed by atoms with E-state index in [-0.39, 0.29) is 24.8 Å². The molecular weight excluding hydrogens is 295 g/mol. The van der Waals surface area contributed by atoms with Gasteiger partial charge in [0.1, 0.15) is 11.5 Å². The van der Waals surface area contributed by atoms with E-state index < -0.39 is 0 Å². The molecule has 1 aromatic heterocycles. The summed E-state index contributed by atoms with van der Waals surface area (Å²) in [4.78, 5) is 0. The van der Waals surface area contributed by atoms with Crippen LogP contribution in [0.25, 0.3) is 11.3 Å². The highest BCUT2D eigenvalue weighted by Crippen LogP contribution is 2.21. The lowest BCUT2D eigenvalue weighted by molar-refractivity contribution is 0.490. The van der Waals surface area contributed by atoms with Gasteiger partial charge in [-0.1, -0.05) is 30.3 Å². The predicted octanol–water partition coefficient (Wildman–Crippen LogP) is 3.49. The van der Waals surface area contributed by atoms with E-state index in [9.17, 15) is 0 Å². The highest BCUT2D eigenvalue weighted by Gasteiger charge is 2.03. The van der Waals surface area contributed by atoms with Gasteiger partial charge in [0.25, 0.3) is 0 Å². The Kier molecular flexibility index (Phi) is 10.2. The maximum absolute atomic E-state index is 5.80. The molecule has 0 fully saturated rings. The van der Waals surface area contributed by atoms with Crippen LogP contribution in [0, 0.1) is 0 Å². The third kappa shape index (κ3) is 5.97. The van der Waals surface area contributed by atoms with Gasteiger partial charge in [-0.3, -0.25) is 0 Å². The molecule has 0 aliphatic heterocycles. The van der Waals surface area contributed by atoms with E-state index in [2.05, 4.69) is 22.8 Å². The van der Waals surface area contributed by atoms with Crippen LogP contribution in [-0.4, -0.2) is 20.1 Å².